The standard InChI is InChI=1S/C23H30N2O3S/c1-16-9-11-25(12-10-16)29(27,28)22-15-20(14-18(3)19(22)4)23(26)24(5)21-8-6-7-17(2)13-21/h6-8,13-16H,9-12H2,1-5H3. The molecule has 0 unspecified atom stereocenters. The van der Waals surface area contributed by atoms with E-state index >= 15 is 0 Å². The molecular formula is C23H30N2O3S. The van der Waals surface area contributed by atoms with E-state index < -0.39 is 10.0 Å². The number of carbonyl (C=O) groups excluding carboxylic acids is 1. The van der Waals surface area contributed by atoms with Crippen molar-refractivity contribution in [1.82, 2.24) is 4.31 Å². The lowest BCUT2D eigenvalue weighted by Crippen LogP contribution is -2.38. The van der Waals surface area contributed by atoms with Crippen LogP contribution in [-0.4, -0.2) is 38.8 Å². The lowest BCUT2D eigenvalue weighted by molar-refractivity contribution is 0.0992. The van der Waals surface area contributed by atoms with E-state index in [9.17, 15) is 13.2 Å². The van der Waals surface area contributed by atoms with Crippen LogP contribution < -0.4 is 4.90 Å². The Balaban J connectivity index is 1.98. The largest absolute Gasteiger partial charge is 0.311 e. The first-order chi connectivity index (χ1) is 13.6. The Bertz CT molecular complexity index is 1020. The van der Waals surface area contributed by atoms with Crippen molar-refractivity contribution in [3.05, 3.63) is 58.7 Å². The molecule has 0 spiro atoms. The molecule has 29 heavy (non-hydrogen) atoms. The zero-order valence-electron chi connectivity index (χ0n) is 17.9. The minimum atomic E-state index is -3.63. The van der Waals surface area contributed by atoms with Gasteiger partial charge in [-0.1, -0.05) is 19.1 Å². The number of carbonyl (C=O) groups is 1. The zero-order valence-corrected chi connectivity index (χ0v) is 18.7. The van der Waals surface area contributed by atoms with E-state index in [-0.39, 0.29) is 10.8 Å². The first kappa shape index (κ1) is 21.5. The highest BCUT2D eigenvalue weighted by atomic mass is 32.2. The number of aryl methyl sites for hydroxylation is 2. The Labute approximate surface area is 174 Å². The molecule has 0 saturated carbocycles. The van der Waals surface area contributed by atoms with Gasteiger partial charge in [-0.3, -0.25) is 4.79 Å². The van der Waals surface area contributed by atoms with Gasteiger partial charge >= 0.3 is 0 Å². The van der Waals surface area contributed by atoms with Crippen LogP contribution in [0.4, 0.5) is 5.69 Å². The Hall–Kier alpha value is -2.18. The van der Waals surface area contributed by atoms with Gasteiger partial charge in [-0.15, -0.1) is 0 Å². The van der Waals surface area contributed by atoms with Crippen molar-refractivity contribution in [1.29, 1.82) is 0 Å². The highest BCUT2D eigenvalue weighted by molar-refractivity contribution is 7.89. The lowest BCUT2D eigenvalue weighted by Gasteiger charge is -2.30. The summed E-state index contributed by atoms with van der Waals surface area (Å²) in [5.74, 6) is 0.322. The van der Waals surface area contributed by atoms with E-state index in [0.717, 1.165) is 29.7 Å². The summed E-state index contributed by atoms with van der Waals surface area (Å²) in [5.41, 5.74) is 3.74. The third-order valence-corrected chi connectivity index (χ3v) is 7.95. The monoisotopic (exact) mass is 414 g/mol. The molecule has 1 heterocycles. The molecule has 156 valence electrons. The number of piperidine rings is 1. The van der Waals surface area contributed by atoms with Crippen molar-refractivity contribution in [2.24, 2.45) is 5.92 Å². The van der Waals surface area contributed by atoms with Crippen molar-refractivity contribution in [3.8, 4) is 0 Å². The van der Waals surface area contributed by atoms with E-state index in [1.807, 2.05) is 45.0 Å². The van der Waals surface area contributed by atoms with Crippen LogP contribution in [0.1, 0.15) is 46.8 Å². The van der Waals surface area contributed by atoms with Crippen molar-refractivity contribution in [2.45, 2.75) is 45.4 Å². The van der Waals surface area contributed by atoms with Crippen LogP contribution in [0.3, 0.4) is 0 Å². The molecule has 2 aromatic rings. The van der Waals surface area contributed by atoms with Gasteiger partial charge in [0.05, 0.1) is 4.90 Å². The van der Waals surface area contributed by atoms with Gasteiger partial charge in [-0.25, -0.2) is 8.42 Å². The summed E-state index contributed by atoms with van der Waals surface area (Å²) in [6, 6.07) is 11.0. The average molecular weight is 415 g/mol. The SMILES string of the molecule is Cc1cccc(N(C)C(=O)c2cc(C)c(C)c(S(=O)(=O)N3CCC(C)CC3)c2)c1. The predicted molar refractivity (Wildman–Crippen MR) is 117 cm³/mol. The summed E-state index contributed by atoms with van der Waals surface area (Å²) in [5, 5.41) is 0. The molecular weight excluding hydrogens is 384 g/mol. The maximum atomic E-state index is 13.3. The predicted octanol–water partition coefficient (Wildman–Crippen LogP) is 4.31. The van der Waals surface area contributed by atoms with Crippen molar-refractivity contribution < 1.29 is 13.2 Å². The van der Waals surface area contributed by atoms with Crippen LogP contribution in [0.25, 0.3) is 0 Å². The van der Waals surface area contributed by atoms with Gasteiger partial charge in [0.15, 0.2) is 0 Å². The molecule has 2 aromatic carbocycles. The number of sulfonamides is 1. The van der Waals surface area contributed by atoms with Gasteiger partial charge in [0.25, 0.3) is 5.91 Å². The van der Waals surface area contributed by atoms with E-state index in [4.69, 9.17) is 0 Å². The van der Waals surface area contributed by atoms with Crippen LogP contribution in [0.15, 0.2) is 41.3 Å². The van der Waals surface area contributed by atoms with Gasteiger partial charge < -0.3 is 4.90 Å². The third-order valence-electron chi connectivity index (χ3n) is 5.92. The quantitative estimate of drug-likeness (QED) is 0.749. The summed E-state index contributed by atoms with van der Waals surface area (Å²) in [6.45, 7) is 8.86. The minimum Gasteiger partial charge on any atom is -0.311 e. The van der Waals surface area contributed by atoms with Crippen LogP contribution >= 0.6 is 0 Å². The summed E-state index contributed by atoms with van der Waals surface area (Å²) in [4.78, 5) is 14.9. The molecule has 0 radical (unpaired) electrons. The molecule has 5 nitrogen and oxygen atoms in total. The number of benzene rings is 2. The molecule has 1 aliphatic rings. The molecule has 0 aliphatic carbocycles. The van der Waals surface area contributed by atoms with Gasteiger partial charge in [-0.2, -0.15) is 4.31 Å². The Morgan fingerprint density at radius 3 is 2.34 bits per heavy atom. The van der Waals surface area contributed by atoms with Gasteiger partial charge in [0.2, 0.25) is 10.0 Å². The molecule has 0 atom stereocenters. The normalized spacial score (nSPS) is 16.0. The molecule has 0 aromatic heterocycles. The van der Waals surface area contributed by atoms with E-state index in [0.29, 0.717) is 30.1 Å². The van der Waals surface area contributed by atoms with Crippen molar-refractivity contribution in [2.75, 3.05) is 25.0 Å². The van der Waals surface area contributed by atoms with Gasteiger partial charge in [0.1, 0.15) is 0 Å². The first-order valence-electron chi connectivity index (χ1n) is 10.1. The van der Waals surface area contributed by atoms with Crippen LogP contribution in [-0.2, 0) is 10.0 Å². The van der Waals surface area contributed by atoms with Crippen LogP contribution in [0.2, 0.25) is 0 Å². The van der Waals surface area contributed by atoms with Gasteiger partial charge in [0, 0.05) is 31.4 Å². The summed E-state index contributed by atoms with van der Waals surface area (Å²) in [7, 11) is -1.91. The molecule has 1 fully saturated rings. The minimum absolute atomic E-state index is 0.220. The molecule has 6 heteroatoms. The van der Waals surface area contributed by atoms with Gasteiger partial charge in [-0.05, 0) is 80.5 Å². The molecule has 1 aliphatic heterocycles. The van der Waals surface area contributed by atoms with Crippen LogP contribution in [0, 0.1) is 26.7 Å². The topological polar surface area (TPSA) is 57.7 Å². The van der Waals surface area contributed by atoms with Crippen molar-refractivity contribution in [3.63, 3.8) is 0 Å². The summed E-state index contributed by atoms with van der Waals surface area (Å²) in [6.07, 6.45) is 1.73. The fraction of sp³-hybridized carbons (Fsp3) is 0.435. The van der Waals surface area contributed by atoms with E-state index in [1.54, 1.807) is 28.4 Å². The second-order valence-corrected chi connectivity index (χ2v) is 10.1. The highest BCUT2D eigenvalue weighted by Crippen LogP contribution is 2.29. The highest BCUT2D eigenvalue weighted by Gasteiger charge is 2.30. The lowest BCUT2D eigenvalue weighted by atomic mass is 10.0. The molecule has 1 amide bonds. The second kappa shape index (κ2) is 8.28. The zero-order chi connectivity index (χ0) is 21.3. The number of nitrogens with zero attached hydrogens (tertiary/aromatic N) is 2. The molecule has 3 rings (SSSR count). The second-order valence-electron chi connectivity index (χ2n) is 8.21. The van der Waals surface area contributed by atoms with E-state index in [1.165, 1.54) is 0 Å². The maximum absolute atomic E-state index is 13.3. The number of hydrogen-bond donors (Lipinski definition) is 0. The summed E-state index contributed by atoms with van der Waals surface area (Å²) < 4.78 is 28.2. The fourth-order valence-corrected chi connectivity index (χ4v) is 5.52. The third kappa shape index (κ3) is 4.38. The Morgan fingerprint density at radius 2 is 1.72 bits per heavy atom. The Morgan fingerprint density at radius 1 is 1.07 bits per heavy atom. The number of anilines is 1. The maximum Gasteiger partial charge on any atom is 0.258 e. The number of rotatable bonds is 4. The number of hydrogen-bond acceptors (Lipinski definition) is 3. The van der Waals surface area contributed by atoms with Crippen molar-refractivity contribution >= 4 is 21.6 Å². The number of amides is 1. The average Bonchev–Trinajstić information content (AvgIpc) is 2.69. The first-order valence-corrected chi connectivity index (χ1v) is 11.5. The van der Waals surface area contributed by atoms with Crippen LogP contribution in [0.5, 0.6) is 0 Å². The summed E-state index contributed by atoms with van der Waals surface area (Å²) >= 11 is 0. The smallest absolute Gasteiger partial charge is 0.258 e. The molecule has 0 bridgehead atoms. The van der Waals surface area contributed by atoms with E-state index in [2.05, 4.69) is 6.92 Å². The molecule has 1 saturated heterocycles. The Kier molecular flexibility index (Phi) is 6.15. The molecule has 0 N–H and O–H groups in total. The fourth-order valence-electron chi connectivity index (χ4n) is 3.73.